The van der Waals surface area contributed by atoms with E-state index in [4.69, 9.17) is 21.1 Å². The van der Waals surface area contributed by atoms with E-state index in [-0.39, 0.29) is 31.4 Å². The van der Waals surface area contributed by atoms with Gasteiger partial charge < -0.3 is 14.4 Å². The molecule has 0 spiro atoms. The normalized spacial score (nSPS) is 14.5. The molecule has 0 fully saturated rings. The predicted octanol–water partition coefficient (Wildman–Crippen LogP) is 3.76. The van der Waals surface area contributed by atoms with Gasteiger partial charge in [0, 0.05) is 17.1 Å². The summed E-state index contributed by atoms with van der Waals surface area (Å²) in [5.74, 6) is 0.0785. The first kappa shape index (κ1) is 17.3. The molecule has 0 N–H and O–H groups in total. The van der Waals surface area contributed by atoms with Gasteiger partial charge >= 0.3 is 5.97 Å². The van der Waals surface area contributed by atoms with Crippen molar-refractivity contribution in [2.75, 3.05) is 18.1 Å². The lowest BCUT2D eigenvalue weighted by Crippen LogP contribution is -2.40. The Kier molecular flexibility index (Phi) is 5.24. The average Bonchev–Trinajstić information content (AvgIpc) is 2.61. The van der Waals surface area contributed by atoms with Crippen molar-refractivity contribution in [3.8, 4) is 5.75 Å². The molecule has 1 aliphatic rings. The number of para-hydroxylation sites is 2. The Labute approximate surface area is 151 Å². The summed E-state index contributed by atoms with van der Waals surface area (Å²) in [6.45, 7) is 1.99. The van der Waals surface area contributed by atoms with Gasteiger partial charge in [-0.2, -0.15) is 0 Å². The lowest BCUT2D eigenvalue weighted by atomic mass is 10.1. The van der Waals surface area contributed by atoms with Crippen LogP contribution in [0.15, 0.2) is 48.5 Å². The molecule has 25 heavy (non-hydrogen) atoms. The first-order valence-electron chi connectivity index (χ1n) is 8.02. The summed E-state index contributed by atoms with van der Waals surface area (Å²) in [4.78, 5) is 25.8. The Morgan fingerprint density at radius 3 is 2.76 bits per heavy atom. The molecule has 0 radical (unpaired) electrons. The molecule has 0 bridgehead atoms. The van der Waals surface area contributed by atoms with Crippen molar-refractivity contribution >= 4 is 29.2 Å². The van der Waals surface area contributed by atoms with E-state index < -0.39 is 6.10 Å². The smallest absolute Gasteiger partial charge is 0.308 e. The number of ether oxygens (including phenoxy) is 2. The summed E-state index contributed by atoms with van der Waals surface area (Å²) in [6, 6.07) is 14.5. The minimum Gasteiger partial charge on any atom is -0.482 e. The molecular weight excluding hydrogens is 342 g/mol. The Balaban J connectivity index is 1.61. The van der Waals surface area contributed by atoms with Crippen molar-refractivity contribution in [2.24, 2.45) is 0 Å². The molecule has 130 valence electrons. The van der Waals surface area contributed by atoms with Crippen LogP contribution in [0.4, 0.5) is 5.69 Å². The standard InChI is InChI=1S/C19H18ClNO4/c1-13(14-6-2-3-7-15(14)20)25-19(23)10-11-21-16-8-4-5-9-17(16)24-12-18(21)22/h2-9,13H,10-12H2,1H3/t13-/m0/s1. The number of esters is 1. The quantitative estimate of drug-likeness (QED) is 0.763. The highest BCUT2D eigenvalue weighted by Gasteiger charge is 2.26. The third-order valence-corrected chi connectivity index (χ3v) is 4.34. The first-order chi connectivity index (χ1) is 12.1. The van der Waals surface area contributed by atoms with Gasteiger partial charge in [-0.3, -0.25) is 9.59 Å². The zero-order chi connectivity index (χ0) is 17.8. The van der Waals surface area contributed by atoms with Crippen LogP contribution >= 0.6 is 11.6 Å². The minimum absolute atomic E-state index is 0.0257. The molecule has 1 aliphatic heterocycles. The lowest BCUT2D eigenvalue weighted by molar-refractivity contribution is -0.148. The van der Waals surface area contributed by atoms with Crippen LogP contribution in [-0.4, -0.2) is 25.0 Å². The van der Waals surface area contributed by atoms with E-state index in [1.165, 1.54) is 0 Å². The lowest BCUT2D eigenvalue weighted by Gasteiger charge is -2.29. The van der Waals surface area contributed by atoms with Crippen LogP contribution in [0.3, 0.4) is 0 Å². The van der Waals surface area contributed by atoms with E-state index in [1.807, 2.05) is 30.3 Å². The molecule has 1 heterocycles. The monoisotopic (exact) mass is 359 g/mol. The first-order valence-corrected chi connectivity index (χ1v) is 8.40. The number of nitrogens with zero attached hydrogens (tertiary/aromatic N) is 1. The molecule has 0 unspecified atom stereocenters. The largest absolute Gasteiger partial charge is 0.482 e. The van der Waals surface area contributed by atoms with Crippen molar-refractivity contribution in [2.45, 2.75) is 19.4 Å². The molecule has 0 aliphatic carbocycles. The molecule has 0 aromatic heterocycles. The van der Waals surface area contributed by atoms with E-state index in [1.54, 1.807) is 30.0 Å². The van der Waals surface area contributed by atoms with Gasteiger partial charge in [-0.1, -0.05) is 41.9 Å². The van der Waals surface area contributed by atoms with E-state index >= 15 is 0 Å². The molecule has 3 rings (SSSR count). The molecule has 2 aromatic rings. The number of anilines is 1. The van der Waals surface area contributed by atoms with Gasteiger partial charge in [-0.15, -0.1) is 0 Å². The Hall–Kier alpha value is -2.53. The number of rotatable bonds is 5. The summed E-state index contributed by atoms with van der Waals surface area (Å²) in [6.07, 6.45) is -0.358. The summed E-state index contributed by atoms with van der Waals surface area (Å²) in [7, 11) is 0. The van der Waals surface area contributed by atoms with Crippen molar-refractivity contribution in [1.82, 2.24) is 0 Å². The van der Waals surface area contributed by atoms with Gasteiger partial charge in [-0.05, 0) is 25.1 Å². The zero-order valence-electron chi connectivity index (χ0n) is 13.8. The van der Waals surface area contributed by atoms with Gasteiger partial charge in [0.1, 0.15) is 11.9 Å². The van der Waals surface area contributed by atoms with Gasteiger partial charge in [0.2, 0.25) is 0 Å². The second-order valence-electron chi connectivity index (χ2n) is 5.71. The molecule has 1 atom stereocenters. The van der Waals surface area contributed by atoms with Crippen LogP contribution in [0.1, 0.15) is 25.0 Å². The number of fused-ring (bicyclic) bond motifs is 1. The molecule has 0 saturated carbocycles. The van der Waals surface area contributed by atoms with Crippen LogP contribution in [0.2, 0.25) is 5.02 Å². The summed E-state index contributed by atoms with van der Waals surface area (Å²) in [5, 5.41) is 0.556. The Morgan fingerprint density at radius 1 is 1.24 bits per heavy atom. The highest BCUT2D eigenvalue weighted by molar-refractivity contribution is 6.31. The van der Waals surface area contributed by atoms with Crippen LogP contribution in [0.25, 0.3) is 0 Å². The van der Waals surface area contributed by atoms with Crippen LogP contribution in [0.5, 0.6) is 5.75 Å². The number of carbonyl (C=O) groups excluding carboxylic acids is 2. The van der Waals surface area contributed by atoms with Crippen LogP contribution < -0.4 is 9.64 Å². The SMILES string of the molecule is C[C@H](OC(=O)CCN1C(=O)COc2ccccc21)c1ccccc1Cl. The fraction of sp³-hybridized carbons (Fsp3) is 0.263. The minimum atomic E-state index is -0.450. The summed E-state index contributed by atoms with van der Waals surface area (Å²) >= 11 is 6.12. The van der Waals surface area contributed by atoms with Gasteiger partial charge in [0.15, 0.2) is 6.61 Å². The topological polar surface area (TPSA) is 55.8 Å². The second kappa shape index (κ2) is 7.57. The third kappa shape index (κ3) is 3.94. The maximum absolute atomic E-state index is 12.2. The second-order valence-corrected chi connectivity index (χ2v) is 6.11. The maximum Gasteiger partial charge on any atom is 0.308 e. The van der Waals surface area contributed by atoms with E-state index in [0.717, 1.165) is 5.56 Å². The van der Waals surface area contributed by atoms with E-state index in [2.05, 4.69) is 0 Å². The van der Waals surface area contributed by atoms with Crippen molar-refractivity contribution < 1.29 is 19.1 Å². The number of carbonyl (C=O) groups is 2. The molecule has 0 saturated heterocycles. The van der Waals surface area contributed by atoms with Crippen LogP contribution in [0, 0.1) is 0 Å². The third-order valence-electron chi connectivity index (χ3n) is 4.00. The molecule has 5 nitrogen and oxygen atoms in total. The average molecular weight is 360 g/mol. The molecule has 1 amide bonds. The number of halogens is 1. The number of hydrogen-bond donors (Lipinski definition) is 0. The number of benzene rings is 2. The fourth-order valence-electron chi connectivity index (χ4n) is 2.73. The predicted molar refractivity (Wildman–Crippen MR) is 94.9 cm³/mol. The number of amides is 1. The Morgan fingerprint density at radius 2 is 1.96 bits per heavy atom. The number of hydrogen-bond acceptors (Lipinski definition) is 4. The van der Waals surface area contributed by atoms with Gasteiger partial charge in [0.25, 0.3) is 5.91 Å². The molecule has 2 aromatic carbocycles. The molecule has 6 heteroatoms. The fourth-order valence-corrected chi connectivity index (χ4v) is 3.02. The highest BCUT2D eigenvalue weighted by atomic mass is 35.5. The Bertz CT molecular complexity index is 792. The van der Waals surface area contributed by atoms with Gasteiger partial charge in [0.05, 0.1) is 12.1 Å². The van der Waals surface area contributed by atoms with Crippen molar-refractivity contribution in [3.63, 3.8) is 0 Å². The van der Waals surface area contributed by atoms with Crippen molar-refractivity contribution in [1.29, 1.82) is 0 Å². The van der Waals surface area contributed by atoms with Crippen LogP contribution in [-0.2, 0) is 14.3 Å². The maximum atomic E-state index is 12.2. The van der Waals surface area contributed by atoms with E-state index in [0.29, 0.717) is 16.5 Å². The zero-order valence-corrected chi connectivity index (χ0v) is 14.5. The van der Waals surface area contributed by atoms with Crippen molar-refractivity contribution in [3.05, 3.63) is 59.1 Å². The van der Waals surface area contributed by atoms with Gasteiger partial charge in [-0.25, -0.2) is 0 Å². The summed E-state index contributed by atoms with van der Waals surface area (Å²) in [5.41, 5.74) is 1.43. The molecular formula is C19H18ClNO4. The summed E-state index contributed by atoms with van der Waals surface area (Å²) < 4.78 is 10.8. The van der Waals surface area contributed by atoms with E-state index in [9.17, 15) is 9.59 Å². The highest BCUT2D eigenvalue weighted by Crippen LogP contribution is 2.31.